The largest absolute Gasteiger partial charge is 0.396 e. The molecule has 4 heteroatoms. The first-order valence-electron chi connectivity index (χ1n) is 7.27. The zero-order valence-electron chi connectivity index (χ0n) is 13.1. The highest BCUT2D eigenvalue weighted by atomic mass is 35.5. The second-order valence-corrected chi connectivity index (χ2v) is 6.09. The van der Waals surface area contributed by atoms with Gasteiger partial charge < -0.3 is 16.2 Å². The molecule has 2 rings (SSSR count). The fourth-order valence-electron chi connectivity index (χ4n) is 2.16. The van der Waals surface area contributed by atoms with Crippen molar-refractivity contribution in [3.63, 3.8) is 0 Å². The summed E-state index contributed by atoms with van der Waals surface area (Å²) in [5.41, 5.74) is 9.25. The number of nitrogens with two attached hydrogens (primary N) is 1. The molecule has 0 amide bonds. The second-order valence-electron chi connectivity index (χ2n) is 6.09. The molecule has 120 valence electrons. The van der Waals surface area contributed by atoms with Gasteiger partial charge in [-0.15, -0.1) is 12.4 Å². The van der Waals surface area contributed by atoms with Crippen LogP contribution in [0, 0.1) is 5.41 Å². The normalized spacial score (nSPS) is 12.4. The van der Waals surface area contributed by atoms with E-state index in [1.165, 1.54) is 5.56 Å². The van der Waals surface area contributed by atoms with Gasteiger partial charge >= 0.3 is 0 Å². The Morgan fingerprint density at radius 1 is 1.05 bits per heavy atom. The van der Waals surface area contributed by atoms with E-state index < -0.39 is 0 Å². The highest BCUT2D eigenvalue weighted by molar-refractivity contribution is 5.85. The van der Waals surface area contributed by atoms with Crippen LogP contribution in [0.25, 0.3) is 0 Å². The number of aliphatic hydroxyl groups is 1. The van der Waals surface area contributed by atoms with Gasteiger partial charge in [0, 0.05) is 30.3 Å². The molecule has 0 radical (unpaired) electrons. The van der Waals surface area contributed by atoms with Crippen LogP contribution >= 0.6 is 12.4 Å². The maximum absolute atomic E-state index is 9.40. The van der Waals surface area contributed by atoms with Crippen LogP contribution in [0.2, 0.25) is 0 Å². The van der Waals surface area contributed by atoms with Crippen LogP contribution in [0.15, 0.2) is 54.6 Å². The van der Waals surface area contributed by atoms with Crippen LogP contribution < -0.4 is 11.1 Å². The Balaban J connectivity index is 0.00000242. The molecule has 0 fully saturated rings. The lowest BCUT2D eigenvalue weighted by atomic mass is 9.82. The first-order chi connectivity index (χ1) is 10.0. The molecule has 1 atom stereocenters. The summed E-state index contributed by atoms with van der Waals surface area (Å²) < 4.78 is 0. The van der Waals surface area contributed by atoms with E-state index >= 15 is 0 Å². The average molecular weight is 321 g/mol. The second kappa shape index (κ2) is 8.18. The van der Waals surface area contributed by atoms with Crippen LogP contribution in [-0.2, 0) is 6.54 Å². The molecule has 0 aliphatic carbocycles. The van der Waals surface area contributed by atoms with Gasteiger partial charge in [-0.2, -0.15) is 0 Å². The molecule has 3 nitrogen and oxygen atoms in total. The standard InChI is InChI=1S/C18H24N2O.ClH/c1-18(2,13-21)17(19)15-8-10-16(11-9-15)20-12-14-6-4-3-5-7-14;/h3-11,17,20-21H,12-13,19H2,1-2H3;1H/t17-;/m1./s1. The first kappa shape index (κ1) is 18.5. The molecule has 0 aromatic heterocycles. The Morgan fingerprint density at radius 2 is 1.64 bits per heavy atom. The smallest absolute Gasteiger partial charge is 0.0500 e. The molecule has 0 saturated heterocycles. The molecule has 4 N–H and O–H groups in total. The highest BCUT2D eigenvalue weighted by Crippen LogP contribution is 2.31. The summed E-state index contributed by atoms with van der Waals surface area (Å²) in [7, 11) is 0. The van der Waals surface area contributed by atoms with Crippen molar-refractivity contribution in [3.8, 4) is 0 Å². The van der Waals surface area contributed by atoms with Gasteiger partial charge in [0.15, 0.2) is 0 Å². The molecule has 0 spiro atoms. The maximum Gasteiger partial charge on any atom is 0.0500 e. The summed E-state index contributed by atoms with van der Waals surface area (Å²) in [4.78, 5) is 0. The van der Waals surface area contributed by atoms with E-state index in [-0.39, 0.29) is 30.5 Å². The van der Waals surface area contributed by atoms with E-state index in [1.54, 1.807) is 0 Å². The average Bonchev–Trinajstić information content (AvgIpc) is 2.53. The first-order valence-corrected chi connectivity index (χ1v) is 7.27. The van der Waals surface area contributed by atoms with Crippen molar-refractivity contribution in [1.29, 1.82) is 0 Å². The van der Waals surface area contributed by atoms with Gasteiger partial charge in [0.2, 0.25) is 0 Å². The van der Waals surface area contributed by atoms with Crippen LogP contribution in [0.5, 0.6) is 0 Å². The van der Waals surface area contributed by atoms with Crippen LogP contribution in [-0.4, -0.2) is 11.7 Å². The number of aliphatic hydroxyl groups excluding tert-OH is 1. The zero-order chi connectivity index (χ0) is 15.3. The molecule has 0 unspecified atom stereocenters. The number of hydrogen-bond acceptors (Lipinski definition) is 3. The monoisotopic (exact) mass is 320 g/mol. The van der Waals surface area contributed by atoms with E-state index in [9.17, 15) is 5.11 Å². The van der Waals surface area contributed by atoms with E-state index in [0.29, 0.717) is 0 Å². The summed E-state index contributed by atoms with van der Waals surface area (Å²) in [6, 6.07) is 18.2. The topological polar surface area (TPSA) is 58.3 Å². The van der Waals surface area contributed by atoms with Gasteiger partial charge in [0.1, 0.15) is 0 Å². The number of halogens is 1. The van der Waals surface area contributed by atoms with Crippen molar-refractivity contribution < 1.29 is 5.11 Å². The molecule has 0 aliphatic heterocycles. The maximum atomic E-state index is 9.40. The summed E-state index contributed by atoms with van der Waals surface area (Å²) in [5.74, 6) is 0. The van der Waals surface area contributed by atoms with Crippen LogP contribution in [0.4, 0.5) is 5.69 Å². The lowest BCUT2D eigenvalue weighted by Crippen LogP contribution is -2.32. The number of nitrogens with one attached hydrogen (secondary N) is 1. The highest BCUT2D eigenvalue weighted by Gasteiger charge is 2.26. The Labute approximate surface area is 139 Å². The van der Waals surface area contributed by atoms with Gasteiger partial charge in [0.25, 0.3) is 0 Å². The SMILES string of the molecule is CC(C)(CO)[C@H](N)c1ccc(NCc2ccccc2)cc1.Cl. The number of anilines is 1. The molecule has 22 heavy (non-hydrogen) atoms. The third-order valence-electron chi connectivity index (χ3n) is 3.86. The molecule has 0 aliphatic rings. The molecule has 2 aromatic carbocycles. The summed E-state index contributed by atoms with van der Waals surface area (Å²) in [6.07, 6.45) is 0. The lowest BCUT2D eigenvalue weighted by molar-refractivity contribution is 0.132. The minimum absolute atomic E-state index is 0. The minimum atomic E-state index is -0.320. The predicted octanol–water partition coefficient (Wildman–Crippen LogP) is 3.74. The van der Waals surface area contributed by atoms with Crippen molar-refractivity contribution in [2.24, 2.45) is 11.1 Å². The van der Waals surface area contributed by atoms with Crippen molar-refractivity contribution >= 4 is 18.1 Å². The van der Waals surface area contributed by atoms with Gasteiger partial charge in [-0.25, -0.2) is 0 Å². The van der Waals surface area contributed by atoms with Gasteiger partial charge in [-0.05, 0) is 23.3 Å². The van der Waals surface area contributed by atoms with Crippen LogP contribution in [0.1, 0.15) is 31.0 Å². The number of benzene rings is 2. The lowest BCUT2D eigenvalue weighted by Gasteiger charge is -2.29. The molecule has 0 heterocycles. The van der Waals surface area contributed by atoms with Crippen molar-refractivity contribution in [3.05, 3.63) is 65.7 Å². The van der Waals surface area contributed by atoms with E-state index in [2.05, 4.69) is 17.4 Å². The fourth-order valence-corrected chi connectivity index (χ4v) is 2.16. The molecular weight excluding hydrogens is 296 g/mol. The summed E-state index contributed by atoms with van der Waals surface area (Å²) in [5, 5.41) is 12.8. The summed E-state index contributed by atoms with van der Waals surface area (Å²) >= 11 is 0. The van der Waals surface area contributed by atoms with Crippen molar-refractivity contribution in [2.45, 2.75) is 26.4 Å². The third kappa shape index (κ3) is 4.73. The minimum Gasteiger partial charge on any atom is -0.396 e. The molecule has 2 aromatic rings. The third-order valence-corrected chi connectivity index (χ3v) is 3.86. The van der Waals surface area contributed by atoms with E-state index in [1.807, 2.05) is 56.3 Å². The number of hydrogen-bond donors (Lipinski definition) is 3. The van der Waals surface area contributed by atoms with Crippen molar-refractivity contribution in [1.82, 2.24) is 0 Å². The fraction of sp³-hybridized carbons (Fsp3) is 0.333. The zero-order valence-corrected chi connectivity index (χ0v) is 13.9. The quantitative estimate of drug-likeness (QED) is 0.760. The van der Waals surface area contributed by atoms with Gasteiger partial charge in [0.05, 0.1) is 0 Å². The Hall–Kier alpha value is -1.55. The van der Waals surface area contributed by atoms with Crippen LogP contribution in [0.3, 0.4) is 0 Å². The Morgan fingerprint density at radius 3 is 2.18 bits per heavy atom. The van der Waals surface area contributed by atoms with E-state index in [4.69, 9.17) is 5.73 Å². The van der Waals surface area contributed by atoms with Gasteiger partial charge in [-0.1, -0.05) is 56.3 Å². The summed E-state index contributed by atoms with van der Waals surface area (Å²) in [6.45, 7) is 4.81. The molecule has 0 bridgehead atoms. The molecule has 0 saturated carbocycles. The Bertz CT molecular complexity index is 555. The van der Waals surface area contributed by atoms with Crippen molar-refractivity contribution in [2.75, 3.05) is 11.9 Å². The Kier molecular flexibility index (Phi) is 6.88. The number of rotatable bonds is 6. The predicted molar refractivity (Wildman–Crippen MR) is 95.3 cm³/mol. The van der Waals surface area contributed by atoms with Gasteiger partial charge in [-0.3, -0.25) is 0 Å². The van der Waals surface area contributed by atoms with E-state index in [0.717, 1.165) is 17.8 Å². The molecular formula is C18H25ClN2O.